The number of unbranched alkanes of at least 4 members (excludes halogenated alkanes) is 2. The third-order valence-electron chi connectivity index (χ3n) is 3.64. The first kappa shape index (κ1) is 17.1. The lowest BCUT2D eigenvalue weighted by atomic mass is 9.87. The Bertz CT molecular complexity index is 391. The van der Waals surface area contributed by atoms with E-state index in [1.54, 1.807) is 0 Å². The van der Waals surface area contributed by atoms with E-state index in [2.05, 4.69) is 62.6 Å². The molecular weight excluding hydrogens is 246 g/mol. The molecule has 1 rings (SSSR count). The highest BCUT2D eigenvalue weighted by molar-refractivity contribution is 5.29. The standard InChI is InChI=1S/C17H33N3/c1-7-8-9-10-17(5,6)13-18-16-19-15(4)12-20(16)11-14(2)3/h12,14H,7-11,13H2,1-6H3,(H,18,19). The van der Waals surface area contributed by atoms with E-state index < -0.39 is 0 Å². The summed E-state index contributed by atoms with van der Waals surface area (Å²) >= 11 is 0. The van der Waals surface area contributed by atoms with E-state index in [9.17, 15) is 0 Å². The van der Waals surface area contributed by atoms with Gasteiger partial charge in [-0.05, 0) is 24.7 Å². The number of nitrogens with one attached hydrogen (secondary N) is 1. The fourth-order valence-corrected chi connectivity index (χ4v) is 2.48. The normalized spacial score (nSPS) is 12.2. The number of anilines is 1. The van der Waals surface area contributed by atoms with Gasteiger partial charge in [-0.1, -0.05) is 53.9 Å². The van der Waals surface area contributed by atoms with Gasteiger partial charge in [-0.3, -0.25) is 0 Å². The van der Waals surface area contributed by atoms with E-state index in [0.29, 0.717) is 11.3 Å². The molecule has 1 aromatic heterocycles. The smallest absolute Gasteiger partial charge is 0.203 e. The van der Waals surface area contributed by atoms with Gasteiger partial charge in [0.2, 0.25) is 5.95 Å². The van der Waals surface area contributed by atoms with Gasteiger partial charge in [0, 0.05) is 19.3 Å². The van der Waals surface area contributed by atoms with Crippen LogP contribution in [0.5, 0.6) is 0 Å². The minimum Gasteiger partial charge on any atom is -0.355 e. The van der Waals surface area contributed by atoms with E-state index in [1.807, 2.05) is 0 Å². The predicted molar refractivity (Wildman–Crippen MR) is 88.2 cm³/mol. The summed E-state index contributed by atoms with van der Waals surface area (Å²) in [4.78, 5) is 4.62. The average molecular weight is 279 g/mol. The summed E-state index contributed by atoms with van der Waals surface area (Å²) in [5, 5.41) is 3.56. The van der Waals surface area contributed by atoms with E-state index in [4.69, 9.17) is 0 Å². The van der Waals surface area contributed by atoms with Gasteiger partial charge in [-0.25, -0.2) is 4.98 Å². The summed E-state index contributed by atoms with van der Waals surface area (Å²) in [6.07, 6.45) is 7.38. The van der Waals surface area contributed by atoms with Crippen molar-refractivity contribution in [1.29, 1.82) is 0 Å². The van der Waals surface area contributed by atoms with E-state index in [-0.39, 0.29) is 0 Å². The number of aryl methyl sites for hydroxylation is 1. The zero-order valence-electron chi connectivity index (χ0n) is 14.3. The van der Waals surface area contributed by atoms with Crippen molar-refractivity contribution >= 4 is 5.95 Å². The van der Waals surface area contributed by atoms with Crippen LogP contribution in [0.2, 0.25) is 0 Å². The maximum atomic E-state index is 4.62. The first-order valence-corrected chi connectivity index (χ1v) is 8.11. The summed E-state index contributed by atoms with van der Waals surface area (Å²) < 4.78 is 2.25. The van der Waals surface area contributed by atoms with Gasteiger partial charge >= 0.3 is 0 Å². The van der Waals surface area contributed by atoms with Crippen LogP contribution < -0.4 is 5.32 Å². The Morgan fingerprint density at radius 2 is 2.00 bits per heavy atom. The number of imidazole rings is 1. The monoisotopic (exact) mass is 279 g/mol. The van der Waals surface area contributed by atoms with Gasteiger partial charge in [0.05, 0.1) is 5.69 Å². The molecule has 0 aliphatic rings. The molecule has 0 aliphatic heterocycles. The number of hydrogen-bond acceptors (Lipinski definition) is 2. The van der Waals surface area contributed by atoms with Crippen LogP contribution in [0, 0.1) is 18.3 Å². The van der Waals surface area contributed by atoms with Gasteiger partial charge < -0.3 is 9.88 Å². The Hall–Kier alpha value is -0.990. The number of hydrogen-bond donors (Lipinski definition) is 1. The summed E-state index contributed by atoms with van der Waals surface area (Å²) in [6, 6.07) is 0. The molecule has 20 heavy (non-hydrogen) atoms. The molecule has 0 bridgehead atoms. The van der Waals surface area contributed by atoms with Crippen LogP contribution in [0.1, 0.15) is 66.0 Å². The lowest BCUT2D eigenvalue weighted by Crippen LogP contribution is -2.24. The molecule has 0 saturated heterocycles. The van der Waals surface area contributed by atoms with Gasteiger partial charge in [-0.15, -0.1) is 0 Å². The molecule has 1 heterocycles. The van der Waals surface area contributed by atoms with Crippen molar-refractivity contribution in [2.24, 2.45) is 11.3 Å². The molecule has 0 atom stereocenters. The second kappa shape index (κ2) is 7.70. The van der Waals surface area contributed by atoms with Crippen LogP contribution in [0.15, 0.2) is 6.20 Å². The van der Waals surface area contributed by atoms with Crippen LogP contribution in [0.25, 0.3) is 0 Å². The maximum absolute atomic E-state index is 4.62. The van der Waals surface area contributed by atoms with Crippen molar-refractivity contribution in [3.8, 4) is 0 Å². The highest BCUT2D eigenvalue weighted by Gasteiger charge is 2.18. The molecule has 1 aromatic rings. The van der Waals surface area contributed by atoms with Crippen molar-refractivity contribution in [3.05, 3.63) is 11.9 Å². The summed E-state index contributed by atoms with van der Waals surface area (Å²) in [6.45, 7) is 15.5. The van der Waals surface area contributed by atoms with Crippen molar-refractivity contribution in [1.82, 2.24) is 9.55 Å². The SMILES string of the molecule is CCCCCC(C)(C)CNc1nc(C)cn1CC(C)C. The molecule has 0 saturated carbocycles. The topological polar surface area (TPSA) is 29.9 Å². The Morgan fingerprint density at radius 3 is 2.60 bits per heavy atom. The van der Waals surface area contributed by atoms with Crippen LogP contribution in [0.4, 0.5) is 5.95 Å². The van der Waals surface area contributed by atoms with Crippen molar-refractivity contribution in [3.63, 3.8) is 0 Å². The summed E-state index contributed by atoms with van der Waals surface area (Å²) in [5.41, 5.74) is 1.43. The molecule has 0 fully saturated rings. The van der Waals surface area contributed by atoms with Gasteiger partial charge in [0.1, 0.15) is 0 Å². The average Bonchev–Trinajstić information content (AvgIpc) is 2.66. The van der Waals surface area contributed by atoms with Crippen molar-refractivity contribution < 1.29 is 0 Å². The molecule has 0 unspecified atom stereocenters. The number of rotatable bonds is 9. The van der Waals surface area contributed by atoms with Crippen molar-refractivity contribution in [2.45, 2.75) is 73.8 Å². The molecule has 0 aliphatic carbocycles. The lowest BCUT2D eigenvalue weighted by molar-refractivity contribution is 0.341. The third-order valence-corrected chi connectivity index (χ3v) is 3.64. The van der Waals surface area contributed by atoms with Crippen molar-refractivity contribution in [2.75, 3.05) is 11.9 Å². The van der Waals surface area contributed by atoms with Crippen LogP contribution in [-0.2, 0) is 6.54 Å². The Balaban J connectivity index is 2.55. The van der Waals surface area contributed by atoms with Crippen LogP contribution >= 0.6 is 0 Å². The second-order valence-corrected chi connectivity index (χ2v) is 7.23. The minimum absolute atomic E-state index is 0.331. The molecule has 3 heteroatoms. The van der Waals surface area contributed by atoms with Crippen LogP contribution in [0.3, 0.4) is 0 Å². The molecule has 0 aromatic carbocycles. The fourth-order valence-electron chi connectivity index (χ4n) is 2.48. The summed E-state index contributed by atoms with van der Waals surface area (Å²) in [7, 11) is 0. The van der Waals surface area contributed by atoms with E-state index >= 15 is 0 Å². The molecule has 116 valence electrons. The highest BCUT2D eigenvalue weighted by atomic mass is 15.2. The first-order valence-electron chi connectivity index (χ1n) is 8.11. The quantitative estimate of drug-likeness (QED) is 0.654. The van der Waals surface area contributed by atoms with Gasteiger partial charge in [-0.2, -0.15) is 0 Å². The first-order chi connectivity index (χ1) is 9.34. The zero-order chi connectivity index (χ0) is 15.2. The van der Waals surface area contributed by atoms with Crippen LogP contribution in [-0.4, -0.2) is 16.1 Å². The summed E-state index contributed by atoms with van der Waals surface area (Å²) in [5.74, 6) is 1.67. The Labute approximate surface area is 125 Å². The number of aromatic nitrogens is 2. The molecule has 0 radical (unpaired) electrons. The lowest BCUT2D eigenvalue weighted by Gasteiger charge is -2.25. The van der Waals surface area contributed by atoms with Gasteiger partial charge in [0.25, 0.3) is 0 Å². The van der Waals surface area contributed by atoms with E-state index in [1.165, 1.54) is 25.7 Å². The fraction of sp³-hybridized carbons (Fsp3) is 0.824. The highest BCUT2D eigenvalue weighted by Crippen LogP contribution is 2.24. The molecule has 1 N–H and O–H groups in total. The molecule has 0 amide bonds. The van der Waals surface area contributed by atoms with Gasteiger partial charge in [0.15, 0.2) is 0 Å². The minimum atomic E-state index is 0.331. The second-order valence-electron chi connectivity index (χ2n) is 7.23. The molecule has 0 spiro atoms. The predicted octanol–water partition coefficient (Wildman–Crippen LogP) is 4.87. The van der Waals surface area contributed by atoms with E-state index in [0.717, 1.165) is 24.7 Å². The zero-order valence-corrected chi connectivity index (χ0v) is 14.3. The third kappa shape index (κ3) is 5.98. The molecule has 3 nitrogen and oxygen atoms in total. The largest absolute Gasteiger partial charge is 0.355 e. The Morgan fingerprint density at radius 1 is 1.30 bits per heavy atom. The maximum Gasteiger partial charge on any atom is 0.203 e. The number of nitrogens with zero attached hydrogens (tertiary/aromatic N) is 2. The Kier molecular flexibility index (Phi) is 6.57. The molecular formula is C17H33N3.